The van der Waals surface area contributed by atoms with Crippen molar-refractivity contribution in [3.05, 3.63) is 56.6 Å². The van der Waals surface area contributed by atoms with Gasteiger partial charge in [-0.05, 0) is 17.7 Å². The summed E-state index contributed by atoms with van der Waals surface area (Å²) < 4.78 is 0. The second-order valence-corrected chi connectivity index (χ2v) is 3.99. The fourth-order valence-corrected chi connectivity index (χ4v) is 1.83. The summed E-state index contributed by atoms with van der Waals surface area (Å²) in [4.78, 5) is 20.3. The van der Waals surface area contributed by atoms with Gasteiger partial charge in [-0.2, -0.15) is 0 Å². The molecule has 2 aromatic carbocycles. The lowest BCUT2D eigenvalue weighted by Crippen LogP contribution is -2.00. The molecule has 0 aromatic heterocycles. The van der Waals surface area contributed by atoms with Crippen molar-refractivity contribution in [3.8, 4) is 16.9 Å². The van der Waals surface area contributed by atoms with E-state index in [1.165, 1.54) is 24.3 Å². The van der Waals surface area contributed by atoms with E-state index in [2.05, 4.69) is 0 Å². The van der Waals surface area contributed by atoms with Gasteiger partial charge in [-0.3, -0.25) is 20.2 Å². The van der Waals surface area contributed by atoms with Gasteiger partial charge in [0.25, 0.3) is 11.4 Å². The molecule has 0 heterocycles. The number of nitrogen functional groups attached to an aromatic ring is 1. The summed E-state index contributed by atoms with van der Waals surface area (Å²) in [5.41, 5.74) is 5.19. The number of phenols is 1. The minimum absolute atomic E-state index is 0.00288. The Bertz CT molecular complexity index is 697. The van der Waals surface area contributed by atoms with Crippen LogP contribution >= 0.6 is 0 Å². The van der Waals surface area contributed by atoms with E-state index < -0.39 is 21.2 Å². The molecule has 2 aromatic rings. The van der Waals surface area contributed by atoms with E-state index in [-0.39, 0.29) is 17.0 Å². The van der Waals surface area contributed by atoms with Crippen molar-refractivity contribution in [3.63, 3.8) is 0 Å². The number of nitrogens with zero attached hydrogens (tertiary/aromatic N) is 2. The molecule has 0 aliphatic rings. The Morgan fingerprint density at radius 3 is 2.10 bits per heavy atom. The fourth-order valence-electron chi connectivity index (χ4n) is 1.83. The quantitative estimate of drug-likeness (QED) is 0.502. The molecule has 0 bridgehead atoms. The number of aromatic hydroxyl groups is 1. The first-order valence-corrected chi connectivity index (χ1v) is 5.42. The maximum absolute atomic E-state index is 11.1. The summed E-state index contributed by atoms with van der Waals surface area (Å²) in [6.45, 7) is 0. The molecule has 0 saturated heterocycles. The van der Waals surface area contributed by atoms with Crippen LogP contribution < -0.4 is 5.73 Å². The smallest absolute Gasteiger partial charge is 0.286 e. The first-order chi connectivity index (χ1) is 9.40. The van der Waals surface area contributed by atoms with Gasteiger partial charge in [-0.15, -0.1) is 0 Å². The minimum atomic E-state index is -0.746. The molecule has 102 valence electrons. The molecule has 0 amide bonds. The molecule has 0 atom stereocenters. The summed E-state index contributed by atoms with van der Waals surface area (Å²) in [6, 6.07) is 7.51. The van der Waals surface area contributed by atoms with Gasteiger partial charge in [-0.25, -0.2) is 0 Å². The molecule has 20 heavy (non-hydrogen) atoms. The van der Waals surface area contributed by atoms with Gasteiger partial charge in [0, 0.05) is 6.07 Å². The van der Waals surface area contributed by atoms with Gasteiger partial charge >= 0.3 is 0 Å². The first kappa shape index (κ1) is 13.3. The van der Waals surface area contributed by atoms with Crippen molar-refractivity contribution in [1.82, 2.24) is 0 Å². The third-order valence-electron chi connectivity index (χ3n) is 2.70. The van der Waals surface area contributed by atoms with Crippen LogP contribution in [0.1, 0.15) is 0 Å². The molecule has 3 N–H and O–H groups in total. The first-order valence-electron chi connectivity index (χ1n) is 5.42. The summed E-state index contributed by atoms with van der Waals surface area (Å²) in [5, 5.41) is 31.0. The largest absolute Gasteiger partial charge is 0.508 e. The number of nitro benzene ring substituents is 2. The lowest BCUT2D eigenvalue weighted by atomic mass is 10.0. The summed E-state index contributed by atoms with van der Waals surface area (Å²) in [6.07, 6.45) is 0. The number of hydrogen-bond donors (Lipinski definition) is 2. The van der Waals surface area contributed by atoms with E-state index >= 15 is 0 Å². The molecule has 8 nitrogen and oxygen atoms in total. The van der Waals surface area contributed by atoms with Gasteiger partial charge in [0.15, 0.2) is 0 Å². The topological polar surface area (TPSA) is 133 Å². The zero-order valence-electron chi connectivity index (χ0n) is 10.0. The minimum Gasteiger partial charge on any atom is -0.508 e. The normalized spacial score (nSPS) is 10.2. The second-order valence-electron chi connectivity index (χ2n) is 3.99. The number of nitrogens with two attached hydrogens (primary N) is 1. The standard InChI is InChI=1S/C12H9N3O5/c13-10-5-8(14(17)18)6-11(15(19)20)12(10)7-1-3-9(16)4-2-7/h1-6,16H,13H2. The third-order valence-corrected chi connectivity index (χ3v) is 2.70. The predicted octanol–water partition coefficient (Wildman–Crippen LogP) is 2.46. The number of anilines is 1. The van der Waals surface area contributed by atoms with Gasteiger partial charge in [-0.1, -0.05) is 12.1 Å². The highest BCUT2D eigenvalue weighted by atomic mass is 16.6. The van der Waals surface area contributed by atoms with E-state index in [4.69, 9.17) is 5.73 Å². The molecular weight excluding hydrogens is 266 g/mol. The lowest BCUT2D eigenvalue weighted by Gasteiger charge is -2.07. The molecule has 0 unspecified atom stereocenters. The molecule has 0 spiro atoms. The van der Waals surface area contributed by atoms with E-state index in [1.54, 1.807) is 0 Å². The van der Waals surface area contributed by atoms with Crippen LogP contribution in [0.3, 0.4) is 0 Å². The van der Waals surface area contributed by atoms with Crippen molar-refractivity contribution < 1.29 is 15.0 Å². The van der Waals surface area contributed by atoms with E-state index in [0.29, 0.717) is 5.56 Å². The second kappa shape index (κ2) is 4.84. The van der Waals surface area contributed by atoms with Crippen LogP contribution in [0.5, 0.6) is 5.75 Å². The van der Waals surface area contributed by atoms with Crippen molar-refractivity contribution in [2.24, 2.45) is 0 Å². The Labute approximate surface area is 112 Å². The monoisotopic (exact) mass is 275 g/mol. The number of benzene rings is 2. The Hall–Kier alpha value is -3.16. The molecular formula is C12H9N3O5. The Kier molecular flexibility index (Phi) is 3.21. The van der Waals surface area contributed by atoms with Crippen LogP contribution in [-0.2, 0) is 0 Å². The highest BCUT2D eigenvalue weighted by Gasteiger charge is 2.23. The van der Waals surface area contributed by atoms with Crippen LogP contribution in [0.2, 0.25) is 0 Å². The number of non-ortho nitro benzene ring substituents is 1. The highest BCUT2D eigenvalue weighted by Crippen LogP contribution is 2.38. The summed E-state index contributed by atoms with van der Waals surface area (Å²) >= 11 is 0. The van der Waals surface area contributed by atoms with Gasteiger partial charge in [0.05, 0.1) is 27.2 Å². The molecule has 2 rings (SSSR count). The third kappa shape index (κ3) is 2.34. The average Bonchev–Trinajstić information content (AvgIpc) is 2.39. The SMILES string of the molecule is Nc1cc([N+](=O)[O-])cc([N+](=O)[O-])c1-c1ccc(O)cc1. The molecule has 0 radical (unpaired) electrons. The predicted molar refractivity (Wildman–Crippen MR) is 71.3 cm³/mol. The fraction of sp³-hybridized carbons (Fsp3) is 0. The number of phenolic OH excluding ortho intramolecular Hbond substituents is 1. The van der Waals surface area contributed by atoms with Crippen LogP contribution in [0.4, 0.5) is 17.1 Å². The highest BCUT2D eigenvalue weighted by molar-refractivity contribution is 5.86. The molecule has 0 aliphatic carbocycles. The van der Waals surface area contributed by atoms with Crippen LogP contribution in [0.25, 0.3) is 11.1 Å². The van der Waals surface area contributed by atoms with Crippen molar-refractivity contribution in [2.45, 2.75) is 0 Å². The van der Waals surface area contributed by atoms with E-state index in [1.807, 2.05) is 0 Å². The summed E-state index contributed by atoms with van der Waals surface area (Å²) in [7, 11) is 0. The number of rotatable bonds is 3. The Morgan fingerprint density at radius 1 is 1.00 bits per heavy atom. The zero-order chi connectivity index (χ0) is 14.9. The van der Waals surface area contributed by atoms with Crippen LogP contribution in [-0.4, -0.2) is 15.0 Å². The average molecular weight is 275 g/mol. The molecule has 0 saturated carbocycles. The van der Waals surface area contributed by atoms with E-state index in [0.717, 1.165) is 12.1 Å². The van der Waals surface area contributed by atoms with Gasteiger partial charge < -0.3 is 10.8 Å². The molecule has 0 fully saturated rings. The molecule has 8 heteroatoms. The zero-order valence-corrected chi connectivity index (χ0v) is 10.0. The van der Waals surface area contributed by atoms with Crippen molar-refractivity contribution in [2.75, 3.05) is 5.73 Å². The van der Waals surface area contributed by atoms with E-state index in [9.17, 15) is 25.3 Å². The molecule has 0 aliphatic heterocycles. The Balaban J connectivity index is 2.71. The number of nitro groups is 2. The maximum Gasteiger partial charge on any atom is 0.286 e. The number of hydrogen-bond acceptors (Lipinski definition) is 6. The summed E-state index contributed by atoms with van der Waals surface area (Å²) in [5.74, 6) is -0.00288. The van der Waals surface area contributed by atoms with Crippen molar-refractivity contribution >= 4 is 17.1 Å². The van der Waals surface area contributed by atoms with Crippen LogP contribution in [0.15, 0.2) is 36.4 Å². The van der Waals surface area contributed by atoms with Gasteiger partial charge in [0.2, 0.25) is 0 Å². The maximum atomic E-state index is 11.1. The van der Waals surface area contributed by atoms with Crippen LogP contribution in [0, 0.1) is 20.2 Å². The Morgan fingerprint density at radius 2 is 1.60 bits per heavy atom. The van der Waals surface area contributed by atoms with Gasteiger partial charge in [0.1, 0.15) is 5.75 Å². The van der Waals surface area contributed by atoms with Crippen molar-refractivity contribution in [1.29, 1.82) is 0 Å². The lowest BCUT2D eigenvalue weighted by molar-refractivity contribution is -0.393.